The quantitative estimate of drug-likeness (QED) is 0.364. The Balaban J connectivity index is 1.42. The zero-order chi connectivity index (χ0) is 22.7. The molecule has 1 amide bonds. The molecule has 0 radical (unpaired) electrons. The maximum absolute atomic E-state index is 12.5. The summed E-state index contributed by atoms with van der Waals surface area (Å²) < 4.78 is 7.09. The Bertz CT molecular complexity index is 1130. The number of rotatable bonds is 8. The molecule has 1 N–H and O–H groups in total. The third-order valence-electron chi connectivity index (χ3n) is 5.17. The molecule has 3 aromatic rings. The van der Waals surface area contributed by atoms with Gasteiger partial charge in [0, 0.05) is 22.4 Å². The van der Waals surface area contributed by atoms with E-state index in [0.717, 1.165) is 41.7 Å². The lowest BCUT2D eigenvalue weighted by molar-refractivity contribution is -0.113. The number of esters is 1. The number of hydrogen-bond acceptors (Lipinski definition) is 9. The smallest absolute Gasteiger partial charge is 0.350 e. The Morgan fingerprint density at radius 3 is 2.84 bits per heavy atom. The molecule has 0 spiro atoms. The van der Waals surface area contributed by atoms with Gasteiger partial charge < -0.3 is 14.6 Å². The minimum atomic E-state index is -0.420. The van der Waals surface area contributed by atoms with Crippen LogP contribution >= 0.6 is 34.4 Å². The molecule has 0 saturated heterocycles. The summed E-state index contributed by atoms with van der Waals surface area (Å²) in [5.74, 6) is 0.424. The molecule has 8 nitrogen and oxygen atoms in total. The van der Waals surface area contributed by atoms with Gasteiger partial charge in [0.2, 0.25) is 5.91 Å². The van der Waals surface area contributed by atoms with Crippen LogP contribution in [0.1, 0.15) is 52.5 Å². The van der Waals surface area contributed by atoms with E-state index in [1.54, 1.807) is 13.8 Å². The number of nitrogens with one attached hydrogen (secondary N) is 1. The molecule has 4 rings (SSSR count). The van der Waals surface area contributed by atoms with Gasteiger partial charge >= 0.3 is 5.97 Å². The maximum Gasteiger partial charge on any atom is 0.350 e. The van der Waals surface area contributed by atoms with Gasteiger partial charge in [-0.3, -0.25) is 4.79 Å². The van der Waals surface area contributed by atoms with Crippen molar-refractivity contribution >= 4 is 51.4 Å². The summed E-state index contributed by atoms with van der Waals surface area (Å²) in [6.07, 6.45) is 4.71. The molecular formula is C21H25N5O3S3. The zero-order valence-electron chi connectivity index (χ0n) is 18.3. The molecule has 0 aliphatic heterocycles. The lowest BCUT2D eigenvalue weighted by Gasteiger charge is -2.13. The number of fused-ring (bicyclic) bond motifs is 1. The molecule has 0 atom stereocenters. The molecule has 1 aliphatic rings. The summed E-state index contributed by atoms with van der Waals surface area (Å²) in [4.78, 5) is 30.6. The second-order valence-corrected chi connectivity index (χ2v) is 10.2. The third kappa shape index (κ3) is 4.74. The van der Waals surface area contributed by atoms with Gasteiger partial charge in [-0.2, -0.15) is 0 Å². The van der Waals surface area contributed by atoms with Crippen LogP contribution < -0.4 is 5.32 Å². The van der Waals surface area contributed by atoms with E-state index in [0.29, 0.717) is 22.3 Å². The van der Waals surface area contributed by atoms with Crippen LogP contribution in [-0.4, -0.2) is 44.0 Å². The average Bonchev–Trinajstić information content (AvgIpc) is 3.48. The topological polar surface area (TPSA) is 99.0 Å². The number of aryl methyl sites for hydroxylation is 2. The SMILES string of the molecule is CCOC(=O)c1sc(NC(=O)CSc2nnc(-c3csc4c3CCCC4)n2CC)nc1C. The molecular weight excluding hydrogens is 466 g/mol. The van der Waals surface area contributed by atoms with E-state index in [1.807, 2.05) is 11.3 Å². The van der Waals surface area contributed by atoms with E-state index in [1.165, 1.54) is 40.6 Å². The Kier molecular flexibility index (Phi) is 7.27. The number of ether oxygens (including phenoxy) is 1. The van der Waals surface area contributed by atoms with E-state index < -0.39 is 5.97 Å². The second-order valence-electron chi connectivity index (χ2n) is 7.30. The molecule has 3 heterocycles. The van der Waals surface area contributed by atoms with Crippen molar-refractivity contribution in [2.24, 2.45) is 0 Å². The summed E-state index contributed by atoms with van der Waals surface area (Å²) >= 11 is 4.28. The normalized spacial score (nSPS) is 13.1. The van der Waals surface area contributed by atoms with E-state index in [4.69, 9.17) is 4.74 Å². The number of aromatic nitrogens is 4. The minimum Gasteiger partial charge on any atom is -0.462 e. The van der Waals surface area contributed by atoms with Crippen LogP contribution in [0.25, 0.3) is 11.4 Å². The van der Waals surface area contributed by atoms with Gasteiger partial charge in [0.05, 0.1) is 18.1 Å². The van der Waals surface area contributed by atoms with Crippen molar-refractivity contribution in [2.45, 2.75) is 58.2 Å². The fourth-order valence-electron chi connectivity index (χ4n) is 3.68. The molecule has 0 fully saturated rings. The van der Waals surface area contributed by atoms with Crippen LogP contribution in [0.5, 0.6) is 0 Å². The van der Waals surface area contributed by atoms with Crippen molar-refractivity contribution in [3.05, 3.63) is 26.4 Å². The average molecular weight is 492 g/mol. The molecule has 11 heteroatoms. The van der Waals surface area contributed by atoms with Crippen molar-refractivity contribution in [2.75, 3.05) is 17.7 Å². The molecule has 3 aromatic heterocycles. The maximum atomic E-state index is 12.5. The van der Waals surface area contributed by atoms with Gasteiger partial charge in [0.1, 0.15) is 4.88 Å². The van der Waals surface area contributed by atoms with E-state index in [2.05, 4.69) is 37.4 Å². The Labute approximate surface area is 198 Å². The largest absolute Gasteiger partial charge is 0.462 e. The molecule has 170 valence electrons. The number of nitrogens with zero attached hydrogens (tertiary/aromatic N) is 4. The van der Waals surface area contributed by atoms with Gasteiger partial charge in [-0.1, -0.05) is 23.1 Å². The van der Waals surface area contributed by atoms with Gasteiger partial charge in [-0.15, -0.1) is 21.5 Å². The van der Waals surface area contributed by atoms with Crippen molar-refractivity contribution in [1.82, 2.24) is 19.7 Å². The number of anilines is 1. The van der Waals surface area contributed by atoms with Crippen LogP contribution in [0.15, 0.2) is 10.5 Å². The predicted molar refractivity (Wildman–Crippen MR) is 128 cm³/mol. The van der Waals surface area contributed by atoms with Crippen molar-refractivity contribution in [1.29, 1.82) is 0 Å². The first kappa shape index (κ1) is 22.9. The minimum absolute atomic E-state index is 0.174. The van der Waals surface area contributed by atoms with Crippen LogP contribution in [0.4, 0.5) is 5.13 Å². The first-order chi connectivity index (χ1) is 15.5. The first-order valence-electron chi connectivity index (χ1n) is 10.6. The lowest BCUT2D eigenvalue weighted by atomic mass is 9.96. The molecule has 32 heavy (non-hydrogen) atoms. The van der Waals surface area contributed by atoms with Crippen LogP contribution in [0, 0.1) is 6.92 Å². The third-order valence-corrected chi connectivity index (χ3v) is 8.28. The van der Waals surface area contributed by atoms with Crippen LogP contribution in [0.2, 0.25) is 0 Å². The van der Waals surface area contributed by atoms with Crippen molar-refractivity contribution in [3.8, 4) is 11.4 Å². The number of thioether (sulfide) groups is 1. The number of hydrogen-bond donors (Lipinski definition) is 1. The van der Waals surface area contributed by atoms with Gasteiger partial charge in [-0.25, -0.2) is 9.78 Å². The molecule has 0 bridgehead atoms. The fourth-order valence-corrected chi connectivity index (χ4v) is 6.49. The van der Waals surface area contributed by atoms with Crippen LogP contribution in [-0.2, 0) is 28.9 Å². The summed E-state index contributed by atoms with van der Waals surface area (Å²) in [6.45, 7) is 6.56. The van der Waals surface area contributed by atoms with Gasteiger partial charge in [0.15, 0.2) is 16.1 Å². The number of carbonyl (C=O) groups is 2. The molecule has 0 unspecified atom stereocenters. The fraction of sp³-hybridized carbons (Fsp3) is 0.476. The highest BCUT2D eigenvalue weighted by Crippen LogP contribution is 2.36. The number of carbonyl (C=O) groups excluding carboxylic acids is 2. The standard InChI is InChI=1S/C21H25N5O3S3/c1-4-26-18(14-10-30-15-9-7-6-8-13(14)15)24-25-21(26)31-11-16(27)23-20-22-12(3)17(32-20)19(28)29-5-2/h10H,4-9,11H2,1-3H3,(H,22,23,27). The van der Waals surface area contributed by atoms with E-state index >= 15 is 0 Å². The highest BCUT2D eigenvalue weighted by atomic mass is 32.2. The number of amides is 1. The number of thiazole rings is 1. The van der Waals surface area contributed by atoms with E-state index in [9.17, 15) is 9.59 Å². The molecule has 1 aliphatic carbocycles. The summed E-state index contributed by atoms with van der Waals surface area (Å²) in [7, 11) is 0. The van der Waals surface area contributed by atoms with E-state index in [-0.39, 0.29) is 11.7 Å². The summed E-state index contributed by atoms with van der Waals surface area (Å²) in [5, 5.41) is 14.9. The second kappa shape index (κ2) is 10.1. The summed E-state index contributed by atoms with van der Waals surface area (Å²) in [6, 6.07) is 0. The summed E-state index contributed by atoms with van der Waals surface area (Å²) in [5.41, 5.74) is 3.14. The highest BCUT2D eigenvalue weighted by molar-refractivity contribution is 7.99. The highest BCUT2D eigenvalue weighted by Gasteiger charge is 2.22. The molecule has 0 saturated carbocycles. The van der Waals surface area contributed by atoms with Crippen molar-refractivity contribution < 1.29 is 14.3 Å². The zero-order valence-corrected chi connectivity index (χ0v) is 20.7. The number of thiophene rings is 1. The van der Waals surface area contributed by atoms with Gasteiger partial charge in [-0.05, 0) is 52.0 Å². The Morgan fingerprint density at radius 2 is 2.06 bits per heavy atom. The molecule has 0 aromatic carbocycles. The monoisotopic (exact) mass is 491 g/mol. The Morgan fingerprint density at radius 1 is 1.25 bits per heavy atom. The lowest BCUT2D eigenvalue weighted by Crippen LogP contribution is -2.14. The van der Waals surface area contributed by atoms with Gasteiger partial charge in [0.25, 0.3) is 0 Å². The first-order valence-corrected chi connectivity index (χ1v) is 13.3. The predicted octanol–water partition coefficient (Wildman–Crippen LogP) is 4.58. The van der Waals surface area contributed by atoms with Crippen LogP contribution in [0.3, 0.4) is 0 Å². The van der Waals surface area contributed by atoms with Crippen molar-refractivity contribution in [3.63, 3.8) is 0 Å². The Hall–Kier alpha value is -2.24.